The van der Waals surface area contributed by atoms with Crippen LogP contribution in [0.15, 0.2) is 42.1 Å². The number of hydrogen-bond acceptors (Lipinski definition) is 4. The molecule has 2 amide bonds. The van der Waals surface area contributed by atoms with Crippen molar-refractivity contribution in [3.8, 4) is 0 Å². The molecule has 0 atom stereocenters. The van der Waals surface area contributed by atoms with E-state index in [4.69, 9.17) is 4.74 Å². The second-order valence-electron chi connectivity index (χ2n) is 7.80. The molecule has 2 aromatic carbocycles. The van der Waals surface area contributed by atoms with Crippen LogP contribution in [0.4, 0.5) is 5.69 Å². The first kappa shape index (κ1) is 21.8. The number of anilines is 1. The Kier molecular flexibility index (Phi) is 6.73. The molecule has 0 saturated carbocycles. The number of rotatable bonds is 8. The van der Waals surface area contributed by atoms with Crippen LogP contribution in [0.5, 0.6) is 0 Å². The quantitative estimate of drug-likeness (QED) is 0.517. The predicted octanol–water partition coefficient (Wildman–Crippen LogP) is 4.54. The van der Waals surface area contributed by atoms with E-state index in [0.29, 0.717) is 37.4 Å². The fourth-order valence-corrected chi connectivity index (χ4v) is 3.62. The van der Waals surface area contributed by atoms with Crippen molar-refractivity contribution < 1.29 is 14.3 Å². The Morgan fingerprint density at radius 3 is 2.33 bits per heavy atom. The molecule has 1 aliphatic rings. The number of ether oxygens (including phenoxy) is 1. The molecule has 0 aromatic heterocycles. The van der Waals surface area contributed by atoms with Crippen molar-refractivity contribution in [3.05, 3.63) is 69.9 Å². The van der Waals surface area contributed by atoms with E-state index in [0.717, 1.165) is 33.5 Å². The van der Waals surface area contributed by atoms with E-state index in [2.05, 4.69) is 11.4 Å². The zero-order valence-corrected chi connectivity index (χ0v) is 18.5. The molecular weight excluding hydrogens is 376 g/mol. The normalized spacial score (nSPS) is 14.1. The Bertz CT molecular complexity index is 1010. The first-order valence-electron chi connectivity index (χ1n) is 10.4. The van der Waals surface area contributed by atoms with Crippen molar-refractivity contribution in [2.75, 3.05) is 25.1 Å². The first-order chi connectivity index (χ1) is 14.3. The molecule has 3 rings (SSSR count). The van der Waals surface area contributed by atoms with Crippen LogP contribution < -0.4 is 5.32 Å². The lowest BCUT2D eigenvalue weighted by Crippen LogP contribution is -2.34. The van der Waals surface area contributed by atoms with Crippen LogP contribution in [0.1, 0.15) is 41.2 Å². The molecule has 158 valence electrons. The van der Waals surface area contributed by atoms with Gasteiger partial charge in [0.1, 0.15) is 5.70 Å². The Balaban J connectivity index is 2.00. The van der Waals surface area contributed by atoms with Crippen molar-refractivity contribution in [1.29, 1.82) is 0 Å². The van der Waals surface area contributed by atoms with Crippen molar-refractivity contribution in [2.45, 2.75) is 41.0 Å². The molecule has 0 unspecified atom stereocenters. The summed E-state index contributed by atoms with van der Waals surface area (Å²) < 4.78 is 5.38. The fraction of sp³-hybridized carbons (Fsp3) is 0.360. The Labute approximate surface area is 178 Å². The van der Waals surface area contributed by atoms with Crippen molar-refractivity contribution in [2.24, 2.45) is 0 Å². The van der Waals surface area contributed by atoms with Gasteiger partial charge in [0.15, 0.2) is 0 Å². The van der Waals surface area contributed by atoms with E-state index in [9.17, 15) is 9.59 Å². The number of amides is 2. The third-order valence-corrected chi connectivity index (χ3v) is 5.48. The van der Waals surface area contributed by atoms with Gasteiger partial charge in [-0.25, -0.2) is 0 Å². The summed E-state index contributed by atoms with van der Waals surface area (Å²) in [6, 6.07) is 11.9. The highest BCUT2D eigenvalue weighted by Crippen LogP contribution is 2.32. The maximum atomic E-state index is 13.3. The number of hydrogen-bond donors (Lipinski definition) is 1. The number of carbonyl (C=O) groups is 2. The third-order valence-electron chi connectivity index (χ3n) is 5.48. The number of nitrogens with one attached hydrogen (secondary N) is 1. The highest BCUT2D eigenvalue weighted by molar-refractivity contribution is 6.36. The summed E-state index contributed by atoms with van der Waals surface area (Å²) in [5.74, 6) is -0.545. The average Bonchev–Trinajstić information content (AvgIpc) is 2.93. The van der Waals surface area contributed by atoms with Gasteiger partial charge in [0.05, 0.1) is 5.57 Å². The van der Waals surface area contributed by atoms with Crippen LogP contribution in [0.25, 0.3) is 5.57 Å². The monoisotopic (exact) mass is 406 g/mol. The van der Waals surface area contributed by atoms with Crippen LogP contribution >= 0.6 is 0 Å². The minimum absolute atomic E-state index is 0.257. The molecule has 30 heavy (non-hydrogen) atoms. The predicted molar refractivity (Wildman–Crippen MR) is 120 cm³/mol. The summed E-state index contributed by atoms with van der Waals surface area (Å²) in [5, 5.41) is 3.27. The largest absolute Gasteiger partial charge is 0.382 e. The Hall–Kier alpha value is -2.92. The van der Waals surface area contributed by atoms with Gasteiger partial charge in [-0.2, -0.15) is 0 Å². The summed E-state index contributed by atoms with van der Waals surface area (Å²) in [6.07, 6.45) is 0.613. The molecule has 5 nitrogen and oxygen atoms in total. The summed E-state index contributed by atoms with van der Waals surface area (Å²) in [7, 11) is 0. The van der Waals surface area contributed by atoms with Gasteiger partial charge >= 0.3 is 0 Å². The minimum atomic E-state index is -0.287. The van der Waals surface area contributed by atoms with E-state index in [1.807, 2.05) is 65.0 Å². The average molecular weight is 407 g/mol. The van der Waals surface area contributed by atoms with Crippen LogP contribution in [-0.4, -0.2) is 36.5 Å². The van der Waals surface area contributed by atoms with Crippen molar-refractivity contribution in [3.63, 3.8) is 0 Å². The number of nitrogens with zero attached hydrogens (tertiary/aromatic N) is 1. The lowest BCUT2D eigenvalue weighted by atomic mass is 9.99. The summed E-state index contributed by atoms with van der Waals surface area (Å²) in [5.41, 5.74) is 6.76. The molecule has 1 N–H and O–H groups in total. The number of carbonyl (C=O) groups excluding carboxylic acids is 2. The number of aryl methyl sites for hydroxylation is 4. The molecule has 1 heterocycles. The molecule has 2 aromatic rings. The lowest BCUT2D eigenvalue weighted by Gasteiger charge is -2.15. The van der Waals surface area contributed by atoms with Crippen LogP contribution in [0.2, 0.25) is 0 Å². The minimum Gasteiger partial charge on any atom is -0.382 e. The fourth-order valence-electron chi connectivity index (χ4n) is 3.62. The van der Waals surface area contributed by atoms with Crippen molar-refractivity contribution in [1.82, 2.24) is 4.90 Å². The van der Waals surface area contributed by atoms with Gasteiger partial charge in [0, 0.05) is 25.4 Å². The smallest absolute Gasteiger partial charge is 0.278 e. The standard InChI is InChI=1S/C25H30N2O3/c1-6-30-13-7-12-27-24(28)22(20-10-9-17(3)18(4)15-20)23(25(27)29)26-21-11-8-16(2)14-19(21)5/h8-11,14-15,26H,6-7,12-13H2,1-5H3. The Morgan fingerprint density at radius 2 is 1.67 bits per heavy atom. The van der Waals surface area contributed by atoms with Gasteiger partial charge < -0.3 is 10.1 Å². The lowest BCUT2D eigenvalue weighted by molar-refractivity contribution is -0.137. The van der Waals surface area contributed by atoms with Crippen molar-refractivity contribution >= 4 is 23.1 Å². The zero-order chi connectivity index (χ0) is 21.8. The van der Waals surface area contributed by atoms with E-state index >= 15 is 0 Å². The van der Waals surface area contributed by atoms with E-state index in [1.165, 1.54) is 4.90 Å². The van der Waals surface area contributed by atoms with Gasteiger partial charge in [-0.05, 0) is 69.4 Å². The topological polar surface area (TPSA) is 58.6 Å². The molecular formula is C25H30N2O3. The van der Waals surface area contributed by atoms with Crippen LogP contribution in [0.3, 0.4) is 0 Å². The maximum Gasteiger partial charge on any atom is 0.278 e. The number of imide groups is 1. The molecule has 0 spiro atoms. The molecule has 0 saturated heterocycles. The van der Waals surface area contributed by atoms with Crippen LogP contribution in [-0.2, 0) is 14.3 Å². The molecule has 0 radical (unpaired) electrons. The van der Waals surface area contributed by atoms with Gasteiger partial charge in [-0.3, -0.25) is 14.5 Å². The molecule has 0 bridgehead atoms. The highest BCUT2D eigenvalue weighted by atomic mass is 16.5. The molecule has 0 fully saturated rings. The first-order valence-corrected chi connectivity index (χ1v) is 10.4. The Morgan fingerprint density at radius 1 is 0.900 bits per heavy atom. The van der Waals surface area contributed by atoms with Gasteiger partial charge in [0.25, 0.3) is 11.8 Å². The van der Waals surface area contributed by atoms with E-state index in [-0.39, 0.29) is 11.8 Å². The maximum absolute atomic E-state index is 13.3. The highest BCUT2D eigenvalue weighted by Gasteiger charge is 2.39. The van der Waals surface area contributed by atoms with Crippen LogP contribution in [0, 0.1) is 27.7 Å². The molecule has 1 aliphatic heterocycles. The van der Waals surface area contributed by atoms with E-state index in [1.54, 1.807) is 0 Å². The van der Waals surface area contributed by atoms with Gasteiger partial charge in [-0.15, -0.1) is 0 Å². The van der Waals surface area contributed by atoms with Gasteiger partial charge in [-0.1, -0.05) is 35.9 Å². The molecule has 5 heteroatoms. The SMILES string of the molecule is CCOCCCN1C(=O)C(Nc2ccc(C)cc2C)=C(c2ccc(C)c(C)c2)C1=O. The second kappa shape index (κ2) is 9.26. The number of benzene rings is 2. The second-order valence-corrected chi connectivity index (χ2v) is 7.80. The van der Waals surface area contributed by atoms with E-state index < -0.39 is 0 Å². The zero-order valence-electron chi connectivity index (χ0n) is 18.5. The summed E-state index contributed by atoms with van der Waals surface area (Å²) >= 11 is 0. The van der Waals surface area contributed by atoms with Gasteiger partial charge in [0.2, 0.25) is 0 Å². The summed E-state index contributed by atoms with van der Waals surface area (Å²) in [4.78, 5) is 27.9. The third kappa shape index (κ3) is 4.46. The summed E-state index contributed by atoms with van der Waals surface area (Å²) in [6.45, 7) is 11.5. The molecule has 0 aliphatic carbocycles.